The van der Waals surface area contributed by atoms with E-state index in [1.54, 1.807) is 24.0 Å². The summed E-state index contributed by atoms with van der Waals surface area (Å²) in [6, 6.07) is 9.64. The Morgan fingerprint density at radius 2 is 1.94 bits per heavy atom. The molecule has 0 saturated carbocycles. The van der Waals surface area contributed by atoms with Crippen LogP contribution < -0.4 is 5.32 Å². The van der Waals surface area contributed by atoms with Gasteiger partial charge in [-0.3, -0.25) is 14.4 Å². The van der Waals surface area contributed by atoms with E-state index in [0.29, 0.717) is 32.2 Å². The molecule has 1 heterocycles. The van der Waals surface area contributed by atoms with Crippen LogP contribution in [-0.2, 0) is 25.5 Å². The number of esters is 1. The first-order chi connectivity index (χ1) is 16.9. The first kappa shape index (κ1) is 28.3. The molecule has 1 fully saturated rings. The number of ether oxygens (including phenoxy) is 1. The molecule has 0 spiro atoms. The Morgan fingerprint density at radius 1 is 1.20 bits per heavy atom. The molecule has 35 heavy (non-hydrogen) atoms. The zero-order chi connectivity index (χ0) is 25.6. The highest BCUT2D eigenvalue weighted by atomic mass is 16.5. The number of carbonyl (C=O) groups excluding carboxylic acids is 3. The maximum Gasteiger partial charge on any atom is 0.309 e. The highest BCUT2D eigenvalue weighted by molar-refractivity contribution is 5.86. The maximum atomic E-state index is 12.8. The second-order valence-electron chi connectivity index (χ2n) is 9.24. The molecule has 0 radical (unpaired) electrons. The van der Waals surface area contributed by atoms with Crippen molar-refractivity contribution in [3.8, 4) is 0 Å². The smallest absolute Gasteiger partial charge is 0.309 e. The molecule has 1 aliphatic heterocycles. The molecule has 1 aromatic carbocycles. The summed E-state index contributed by atoms with van der Waals surface area (Å²) in [7, 11) is 0. The Balaban J connectivity index is 1.88. The fourth-order valence-electron chi connectivity index (χ4n) is 4.41. The van der Waals surface area contributed by atoms with E-state index in [-0.39, 0.29) is 49.3 Å². The molecule has 0 aromatic heterocycles. The average Bonchev–Trinajstić information content (AvgIpc) is 3.34. The largest absolute Gasteiger partial charge is 0.461 e. The minimum absolute atomic E-state index is 0.0588. The second kappa shape index (κ2) is 15.1. The molecular formula is C28H40N2O5. The number of amides is 2. The zero-order valence-electron chi connectivity index (χ0n) is 20.9. The average molecular weight is 485 g/mol. The summed E-state index contributed by atoms with van der Waals surface area (Å²) < 4.78 is 5.65. The number of nitrogens with one attached hydrogen (secondary N) is 1. The topological polar surface area (TPSA) is 95.9 Å². The van der Waals surface area contributed by atoms with Gasteiger partial charge >= 0.3 is 5.97 Å². The van der Waals surface area contributed by atoms with Crippen LogP contribution in [0.2, 0.25) is 0 Å². The van der Waals surface area contributed by atoms with Crippen LogP contribution in [0.3, 0.4) is 0 Å². The van der Waals surface area contributed by atoms with E-state index in [4.69, 9.17) is 4.74 Å². The number of aliphatic hydroxyl groups is 1. The lowest BCUT2D eigenvalue weighted by Crippen LogP contribution is -2.42. The van der Waals surface area contributed by atoms with Gasteiger partial charge in [-0.15, -0.1) is 13.2 Å². The first-order valence-electron chi connectivity index (χ1n) is 12.5. The molecule has 1 aromatic rings. The van der Waals surface area contributed by atoms with Crippen LogP contribution in [0.25, 0.3) is 0 Å². The monoisotopic (exact) mass is 484 g/mol. The molecule has 4 atom stereocenters. The number of aliphatic hydroxyl groups excluding tert-OH is 1. The number of hydrogen-bond acceptors (Lipinski definition) is 5. The van der Waals surface area contributed by atoms with Crippen molar-refractivity contribution in [2.75, 3.05) is 19.7 Å². The van der Waals surface area contributed by atoms with Crippen molar-refractivity contribution < 1.29 is 24.2 Å². The third kappa shape index (κ3) is 9.32. The molecule has 0 bridgehead atoms. The lowest BCUT2D eigenvalue weighted by atomic mass is 9.95. The Hall–Kier alpha value is -2.93. The highest BCUT2D eigenvalue weighted by Gasteiger charge is 2.31. The summed E-state index contributed by atoms with van der Waals surface area (Å²) in [4.78, 5) is 40.0. The normalized spacial score (nSPS) is 17.8. The molecule has 1 saturated heterocycles. The number of allylic oxidation sites excluding steroid dienone is 2. The van der Waals surface area contributed by atoms with Crippen molar-refractivity contribution in [1.82, 2.24) is 10.2 Å². The third-order valence-electron chi connectivity index (χ3n) is 6.41. The van der Waals surface area contributed by atoms with Gasteiger partial charge in [0.1, 0.15) is 6.10 Å². The Kier molecular flexibility index (Phi) is 12.2. The van der Waals surface area contributed by atoms with Crippen molar-refractivity contribution in [3.63, 3.8) is 0 Å². The van der Waals surface area contributed by atoms with Gasteiger partial charge in [0, 0.05) is 13.0 Å². The number of likely N-dealkylation sites (tertiary alicyclic amines) is 1. The van der Waals surface area contributed by atoms with Gasteiger partial charge in [0.2, 0.25) is 11.8 Å². The van der Waals surface area contributed by atoms with Crippen LogP contribution in [0.4, 0.5) is 0 Å². The predicted octanol–water partition coefficient (Wildman–Crippen LogP) is 3.43. The Labute approximate surface area is 209 Å². The lowest BCUT2D eigenvalue weighted by Gasteiger charge is -2.25. The molecule has 2 amide bonds. The van der Waals surface area contributed by atoms with Crippen molar-refractivity contribution in [3.05, 3.63) is 61.2 Å². The second-order valence-corrected chi connectivity index (χ2v) is 9.24. The molecule has 4 unspecified atom stereocenters. The molecule has 7 nitrogen and oxygen atoms in total. The SMILES string of the molecule is C=CCCC(Cc1ccccc1)C(=O)OC(C)CNC(=O)C(CC=C)CC(=O)N1CCCC1CO. The van der Waals surface area contributed by atoms with Crippen LogP contribution in [0.15, 0.2) is 55.6 Å². The maximum absolute atomic E-state index is 12.8. The van der Waals surface area contributed by atoms with E-state index in [1.165, 1.54) is 0 Å². The lowest BCUT2D eigenvalue weighted by molar-refractivity contribution is -0.153. The van der Waals surface area contributed by atoms with Gasteiger partial charge in [-0.05, 0) is 51.0 Å². The van der Waals surface area contributed by atoms with Gasteiger partial charge in [0.15, 0.2) is 0 Å². The van der Waals surface area contributed by atoms with Crippen molar-refractivity contribution in [2.24, 2.45) is 11.8 Å². The molecular weight excluding hydrogens is 444 g/mol. The number of hydrogen-bond donors (Lipinski definition) is 2. The van der Waals surface area contributed by atoms with Gasteiger partial charge in [-0.2, -0.15) is 0 Å². The molecule has 1 aliphatic rings. The summed E-state index contributed by atoms with van der Waals surface area (Å²) in [5.74, 6) is -1.54. The van der Waals surface area contributed by atoms with Gasteiger partial charge in [0.05, 0.1) is 31.0 Å². The van der Waals surface area contributed by atoms with Crippen LogP contribution >= 0.6 is 0 Å². The van der Waals surface area contributed by atoms with E-state index in [2.05, 4.69) is 18.5 Å². The molecule has 192 valence electrons. The van der Waals surface area contributed by atoms with Crippen molar-refractivity contribution >= 4 is 17.8 Å². The number of benzene rings is 1. The fourth-order valence-corrected chi connectivity index (χ4v) is 4.41. The van der Waals surface area contributed by atoms with Crippen molar-refractivity contribution in [1.29, 1.82) is 0 Å². The van der Waals surface area contributed by atoms with Gasteiger partial charge in [-0.25, -0.2) is 0 Å². The number of rotatable bonds is 15. The summed E-state index contributed by atoms with van der Waals surface area (Å²) >= 11 is 0. The summed E-state index contributed by atoms with van der Waals surface area (Å²) in [5, 5.41) is 12.3. The molecule has 2 N–H and O–H groups in total. The predicted molar refractivity (Wildman–Crippen MR) is 136 cm³/mol. The van der Waals surface area contributed by atoms with Crippen LogP contribution in [0, 0.1) is 11.8 Å². The van der Waals surface area contributed by atoms with Crippen molar-refractivity contribution in [2.45, 2.75) is 64.0 Å². The Bertz CT molecular complexity index is 841. The summed E-state index contributed by atoms with van der Waals surface area (Å²) in [6.45, 7) is 9.91. The van der Waals surface area contributed by atoms with E-state index >= 15 is 0 Å². The minimum Gasteiger partial charge on any atom is -0.461 e. The fraction of sp³-hybridized carbons (Fsp3) is 0.536. The molecule has 2 rings (SSSR count). The van der Waals surface area contributed by atoms with Gasteiger partial charge in [0.25, 0.3) is 0 Å². The number of nitrogens with zero attached hydrogens (tertiary/aromatic N) is 1. The van der Waals surface area contributed by atoms with E-state index < -0.39 is 12.0 Å². The minimum atomic E-state index is -0.554. The first-order valence-corrected chi connectivity index (χ1v) is 12.5. The van der Waals surface area contributed by atoms with E-state index in [9.17, 15) is 19.5 Å². The standard InChI is InChI=1S/C28H40N2O5/c1-4-6-14-24(17-22-12-8-7-9-13-22)28(34)35-21(3)19-29-27(33)23(11-5-2)18-26(32)30-16-10-15-25(30)20-31/h4-5,7-9,12-13,21,23-25,31H,1-2,6,10-11,14-20H2,3H3,(H,29,33). The quantitative estimate of drug-likeness (QED) is 0.294. The number of carbonyl (C=O) groups is 3. The Morgan fingerprint density at radius 3 is 2.60 bits per heavy atom. The molecule has 7 heteroatoms. The highest BCUT2D eigenvalue weighted by Crippen LogP contribution is 2.21. The van der Waals surface area contributed by atoms with Gasteiger partial charge < -0.3 is 20.1 Å². The third-order valence-corrected chi connectivity index (χ3v) is 6.41. The molecule has 0 aliphatic carbocycles. The summed E-state index contributed by atoms with van der Waals surface area (Å²) in [5.41, 5.74) is 1.07. The van der Waals surface area contributed by atoms with Crippen LogP contribution in [0.1, 0.15) is 51.0 Å². The van der Waals surface area contributed by atoms with Crippen LogP contribution in [-0.4, -0.2) is 59.6 Å². The van der Waals surface area contributed by atoms with Crippen LogP contribution in [0.5, 0.6) is 0 Å². The zero-order valence-corrected chi connectivity index (χ0v) is 20.9. The van der Waals surface area contributed by atoms with E-state index in [1.807, 2.05) is 30.3 Å². The van der Waals surface area contributed by atoms with E-state index in [0.717, 1.165) is 18.4 Å². The van der Waals surface area contributed by atoms with Gasteiger partial charge in [-0.1, -0.05) is 42.5 Å². The summed E-state index contributed by atoms with van der Waals surface area (Å²) in [6.07, 6.45) is 6.91.